The van der Waals surface area contributed by atoms with Crippen molar-refractivity contribution in [1.82, 2.24) is 10.4 Å². The quantitative estimate of drug-likeness (QED) is 0.557. The van der Waals surface area contributed by atoms with E-state index < -0.39 is 0 Å². The second-order valence-corrected chi connectivity index (χ2v) is 6.55. The molecule has 1 aliphatic rings. The number of pyridine rings is 1. The van der Waals surface area contributed by atoms with E-state index in [2.05, 4.69) is 10.4 Å². The van der Waals surface area contributed by atoms with Crippen LogP contribution < -0.4 is 17.0 Å². The molecule has 4 nitrogen and oxygen atoms in total. The molecule has 0 aromatic carbocycles. The van der Waals surface area contributed by atoms with Crippen molar-refractivity contribution in [2.45, 2.75) is 17.7 Å². The van der Waals surface area contributed by atoms with Gasteiger partial charge in [-0.15, -0.1) is 0 Å². The van der Waals surface area contributed by atoms with Gasteiger partial charge in [-0.1, -0.05) is 0 Å². The lowest BCUT2D eigenvalue weighted by Crippen LogP contribution is -2.46. The number of hydrogen-bond acceptors (Lipinski definition) is 6. The standard InChI is InChI=1S/C11H18N4S2/c12-11-6-8(1-2-14-11)5-9(15-13)10-7-16-3-4-17-10/h1-2,6,9-10,15H,3-5,7,13H2,(H2,12,14). The SMILES string of the molecule is NNC(Cc1ccnc(N)c1)C1CSCCS1. The number of rotatable bonds is 4. The Labute approximate surface area is 110 Å². The maximum atomic E-state index is 5.68. The molecule has 0 aliphatic carbocycles. The third-order valence-electron chi connectivity index (χ3n) is 2.81. The van der Waals surface area contributed by atoms with E-state index >= 15 is 0 Å². The molecule has 1 aromatic rings. The fourth-order valence-electron chi connectivity index (χ4n) is 1.91. The van der Waals surface area contributed by atoms with Crippen molar-refractivity contribution in [3.05, 3.63) is 23.9 Å². The number of aromatic nitrogens is 1. The van der Waals surface area contributed by atoms with Crippen LogP contribution in [0.1, 0.15) is 5.56 Å². The first-order chi connectivity index (χ1) is 8.29. The largest absolute Gasteiger partial charge is 0.384 e. The van der Waals surface area contributed by atoms with Gasteiger partial charge in [0, 0.05) is 34.7 Å². The molecule has 1 saturated heterocycles. The van der Waals surface area contributed by atoms with Crippen LogP contribution in [-0.4, -0.2) is 33.5 Å². The van der Waals surface area contributed by atoms with Crippen LogP contribution in [0.15, 0.2) is 18.3 Å². The monoisotopic (exact) mass is 270 g/mol. The second-order valence-electron chi connectivity index (χ2n) is 4.05. The van der Waals surface area contributed by atoms with Gasteiger partial charge in [-0.3, -0.25) is 11.3 Å². The van der Waals surface area contributed by atoms with Crippen molar-refractivity contribution in [2.24, 2.45) is 5.84 Å². The van der Waals surface area contributed by atoms with E-state index in [1.165, 1.54) is 22.8 Å². The summed E-state index contributed by atoms with van der Waals surface area (Å²) in [5, 5.41) is 0.577. The topological polar surface area (TPSA) is 77.0 Å². The van der Waals surface area contributed by atoms with Crippen LogP contribution >= 0.6 is 23.5 Å². The van der Waals surface area contributed by atoms with Crippen molar-refractivity contribution < 1.29 is 0 Å². The molecule has 0 saturated carbocycles. The van der Waals surface area contributed by atoms with Gasteiger partial charge in [-0.25, -0.2) is 4.98 Å². The van der Waals surface area contributed by atoms with Crippen LogP contribution in [0.4, 0.5) is 5.82 Å². The van der Waals surface area contributed by atoms with Crippen LogP contribution in [0, 0.1) is 0 Å². The van der Waals surface area contributed by atoms with Crippen molar-refractivity contribution in [2.75, 3.05) is 23.0 Å². The van der Waals surface area contributed by atoms with Crippen LogP contribution in [0.5, 0.6) is 0 Å². The maximum Gasteiger partial charge on any atom is 0.123 e. The summed E-state index contributed by atoms with van der Waals surface area (Å²) < 4.78 is 0. The fraction of sp³-hybridized carbons (Fsp3) is 0.545. The summed E-state index contributed by atoms with van der Waals surface area (Å²) in [7, 11) is 0. The fourth-order valence-corrected chi connectivity index (χ4v) is 4.78. The predicted octanol–water partition coefficient (Wildman–Crippen LogP) is 0.887. The highest BCUT2D eigenvalue weighted by Crippen LogP contribution is 2.27. The normalized spacial score (nSPS) is 22.3. The van der Waals surface area contributed by atoms with E-state index in [1.807, 2.05) is 35.7 Å². The van der Waals surface area contributed by atoms with Gasteiger partial charge in [0.2, 0.25) is 0 Å². The Kier molecular flexibility index (Phi) is 4.97. The highest BCUT2D eigenvalue weighted by Gasteiger charge is 2.23. The number of hydrazine groups is 1. The summed E-state index contributed by atoms with van der Waals surface area (Å²) in [4.78, 5) is 4.00. The Bertz CT molecular complexity index is 355. The first-order valence-corrected chi connectivity index (χ1v) is 7.86. The summed E-state index contributed by atoms with van der Waals surface area (Å²) in [6, 6.07) is 4.22. The molecule has 1 aromatic heterocycles. The third-order valence-corrected chi connectivity index (χ3v) is 5.73. The van der Waals surface area contributed by atoms with Gasteiger partial charge in [-0.2, -0.15) is 23.5 Å². The van der Waals surface area contributed by atoms with Gasteiger partial charge < -0.3 is 5.73 Å². The Morgan fingerprint density at radius 2 is 2.41 bits per heavy atom. The number of thioether (sulfide) groups is 2. The molecule has 5 N–H and O–H groups in total. The molecule has 1 fully saturated rings. The average molecular weight is 270 g/mol. The van der Waals surface area contributed by atoms with Gasteiger partial charge in [-0.05, 0) is 24.1 Å². The van der Waals surface area contributed by atoms with Crippen LogP contribution in [0.25, 0.3) is 0 Å². The number of hydrogen-bond donors (Lipinski definition) is 3. The molecular weight excluding hydrogens is 252 g/mol. The Morgan fingerprint density at radius 1 is 1.53 bits per heavy atom. The number of nitrogens with zero attached hydrogens (tertiary/aromatic N) is 1. The van der Waals surface area contributed by atoms with E-state index in [0.717, 1.165) is 6.42 Å². The first kappa shape index (κ1) is 13.0. The minimum Gasteiger partial charge on any atom is -0.384 e. The molecular formula is C11H18N4S2. The number of anilines is 1. The molecule has 2 unspecified atom stereocenters. The zero-order chi connectivity index (χ0) is 12.1. The summed E-state index contributed by atoms with van der Waals surface area (Å²) in [5.74, 6) is 9.87. The summed E-state index contributed by atoms with van der Waals surface area (Å²) >= 11 is 4.02. The zero-order valence-corrected chi connectivity index (χ0v) is 11.3. The smallest absolute Gasteiger partial charge is 0.123 e. The molecule has 0 radical (unpaired) electrons. The first-order valence-electron chi connectivity index (χ1n) is 5.65. The van der Waals surface area contributed by atoms with Crippen LogP contribution in [-0.2, 0) is 6.42 Å². The lowest BCUT2D eigenvalue weighted by molar-refractivity contribution is 0.523. The van der Waals surface area contributed by atoms with Gasteiger partial charge in [0.1, 0.15) is 5.82 Å². The third kappa shape index (κ3) is 3.77. The van der Waals surface area contributed by atoms with Crippen LogP contribution in [0.3, 0.4) is 0 Å². The Morgan fingerprint density at radius 3 is 3.06 bits per heavy atom. The molecule has 1 aliphatic heterocycles. The van der Waals surface area contributed by atoms with E-state index in [1.54, 1.807) is 6.20 Å². The molecule has 2 heterocycles. The lowest BCUT2D eigenvalue weighted by atomic mass is 10.1. The highest BCUT2D eigenvalue weighted by atomic mass is 32.2. The zero-order valence-electron chi connectivity index (χ0n) is 9.63. The van der Waals surface area contributed by atoms with E-state index in [4.69, 9.17) is 11.6 Å². The molecule has 17 heavy (non-hydrogen) atoms. The Balaban J connectivity index is 1.98. The summed E-state index contributed by atoms with van der Waals surface area (Å²) in [6.45, 7) is 0. The second kappa shape index (κ2) is 6.49. The maximum absolute atomic E-state index is 5.68. The van der Waals surface area contributed by atoms with Crippen molar-refractivity contribution >= 4 is 29.3 Å². The summed E-state index contributed by atoms with van der Waals surface area (Å²) in [5.41, 5.74) is 9.82. The van der Waals surface area contributed by atoms with E-state index in [-0.39, 0.29) is 0 Å². The number of nitrogen functional groups attached to an aromatic ring is 1. The van der Waals surface area contributed by atoms with Gasteiger partial charge in [0.25, 0.3) is 0 Å². The summed E-state index contributed by atoms with van der Waals surface area (Å²) in [6.07, 6.45) is 2.66. The molecule has 0 amide bonds. The molecule has 2 rings (SSSR count). The molecule has 0 spiro atoms. The van der Waals surface area contributed by atoms with Gasteiger partial charge >= 0.3 is 0 Å². The van der Waals surface area contributed by atoms with Crippen molar-refractivity contribution in [3.8, 4) is 0 Å². The van der Waals surface area contributed by atoms with E-state index in [9.17, 15) is 0 Å². The Hall–Kier alpha value is -0.430. The number of nitrogens with one attached hydrogen (secondary N) is 1. The average Bonchev–Trinajstić information content (AvgIpc) is 2.37. The van der Waals surface area contributed by atoms with Gasteiger partial charge in [0.15, 0.2) is 0 Å². The molecule has 94 valence electrons. The lowest BCUT2D eigenvalue weighted by Gasteiger charge is -2.29. The van der Waals surface area contributed by atoms with E-state index in [0.29, 0.717) is 17.1 Å². The minimum absolute atomic E-state index is 0.301. The van der Waals surface area contributed by atoms with Gasteiger partial charge in [0.05, 0.1) is 0 Å². The van der Waals surface area contributed by atoms with Crippen molar-refractivity contribution in [1.29, 1.82) is 0 Å². The van der Waals surface area contributed by atoms with Crippen molar-refractivity contribution in [3.63, 3.8) is 0 Å². The molecule has 6 heteroatoms. The highest BCUT2D eigenvalue weighted by molar-refractivity contribution is 8.06. The molecule has 0 bridgehead atoms. The molecule has 2 atom stereocenters. The number of nitrogens with two attached hydrogens (primary N) is 2. The minimum atomic E-state index is 0.301. The predicted molar refractivity (Wildman–Crippen MR) is 77.0 cm³/mol. The van der Waals surface area contributed by atoms with Crippen LogP contribution in [0.2, 0.25) is 0 Å².